The molecule has 1 heterocycles. The normalized spacial score (nSPS) is 10.4. The number of hydrogen-bond acceptors (Lipinski definition) is 5. The van der Waals surface area contributed by atoms with E-state index in [1.807, 2.05) is 42.0 Å². The highest BCUT2D eigenvalue weighted by Gasteiger charge is 2.07. The van der Waals surface area contributed by atoms with E-state index in [0.29, 0.717) is 23.8 Å². The molecular formula is C21H23N3O4. The zero-order chi connectivity index (χ0) is 19.9. The van der Waals surface area contributed by atoms with E-state index in [1.54, 1.807) is 38.6 Å². The minimum atomic E-state index is -0.212. The van der Waals surface area contributed by atoms with Gasteiger partial charge in [-0.2, -0.15) is 0 Å². The predicted octanol–water partition coefficient (Wildman–Crippen LogP) is 2.89. The second-order valence-electron chi connectivity index (χ2n) is 6.12. The fourth-order valence-electron chi connectivity index (χ4n) is 2.69. The Morgan fingerprint density at radius 3 is 2.25 bits per heavy atom. The third kappa shape index (κ3) is 4.82. The van der Waals surface area contributed by atoms with Gasteiger partial charge < -0.3 is 24.1 Å². The van der Waals surface area contributed by atoms with E-state index in [-0.39, 0.29) is 12.5 Å². The fourth-order valence-corrected chi connectivity index (χ4v) is 2.69. The highest BCUT2D eigenvalue weighted by atomic mass is 16.5. The van der Waals surface area contributed by atoms with Crippen LogP contribution in [0.1, 0.15) is 11.4 Å². The Kier molecular flexibility index (Phi) is 6.16. The maximum absolute atomic E-state index is 12.1. The number of nitrogens with one attached hydrogen (secondary N) is 1. The van der Waals surface area contributed by atoms with Crippen LogP contribution in [0.3, 0.4) is 0 Å². The van der Waals surface area contributed by atoms with Gasteiger partial charge in [0.2, 0.25) is 0 Å². The van der Waals surface area contributed by atoms with Crippen LogP contribution in [0, 0.1) is 6.92 Å². The zero-order valence-electron chi connectivity index (χ0n) is 16.1. The molecule has 0 aliphatic carbocycles. The Labute approximate surface area is 163 Å². The number of nitrogens with zero attached hydrogens (tertiary/aromatic N) is 2. The Bertz CT molecular complexity index is 913. The molecule has 1 N–H and O–H groups in total. The van der Waals surface area contributed by atoms with Crippen molar-refractivity contribution in [2.45, 2.75) is 13.5 Å². The molecule has 2 aromatic carbocycles. The molecule has 7 nitrogen and oxygen atoms in total. The van der Waals surface area contributed by atoms with Gasteiger partial charge in [-0.1, -0.05) is 12.1 Å². The lowest BCUT2D eigenvalue weighted by Crippen LogP contribution is -2.28. The number of methoxy groups -OCH3 is 2. The molecule has 7 heteroatoms. The number of rotatable bonds is 8. The SMILES string of the molecule is COc1cc(OC)cc(OCC(=O)NCc2ccc(-n3ccnc3C)cc2)c1. The Hall–Kier alpha value is -3.48. The van der Waals surface area contributed by atoms with Crippen molar-refractivity contribution in [3.8, 4) is 22.9 Å². The number of carbonyl (C=O) groups excluding carboxylic acids is 1. The van der Waals surface area contributed by atoms with E-state index in [1.165, 1.54) is 0 Å². The van der Waals surface area contributed by atoms with Crippen molar-refractivity contribution in [2.75, 3.05) is 20.8 Å². The van der Waals surface area contributed by atoms with Crippen LogP contribution in [0.2, 0.25) is 0 Å². The van der Waals surface area contributed by atoms with Crippen molar-refractivity contribution in [3.05, 3.63) is 66.2 Å². The Morgan fingerprint density at radius 1 is 1.04 bits per heavy atom. The first-order chi connectivity index (χ1) is 13.6. The standard InChI is InChI=1S/C21H23N3O4/c1-15-22-8-9-24(15)17-6-4-16(5-7-17)13-23-21(25)14-28-20-11-18(26-2)10-19(12-20)27-3/h4-12H,13-14H2,1-3H3,(H,23,25). The molecule has 1 aromatic heterocycles. The summed E-state index contributed by atoms with van der Waals surface area (Å²) in [5.74, 6) is 2.42. The summed E-state index contributed by atoms with van der Waals surface area (Å²) in [7, 11) is 3.12. The minimum Gasteiger partial charge on any atom is -0.496 e. The molecular weight excluding hydrogens is 358 g/mol. The number of imidazole rings is 1. The molecule has 0 unspecified atom stereocenters. The summed E-state index contributed by atoms with van der Waals surface area (Å²) in [6.07, 6.45) is 3.68. The first kappa shape index (κ1) is 19.3. The van der Waals surface area contributed by atoms with Crippen molar-refractivity contribution in [1.82, 2.24) is 14.9 Å². The summed E-state index contributed by atoms with van der Waals surface area (Å²) in [5.41, 5.74) is 2.03. The molecule has 28 heavy (non-hydrogen) atoms. The van der Waals surface area contributed by atoms with Crippen LogP contribution in [0.4, 0.5) is 0 Å². The summed E-state index contributed by atoms with van der Waals surface area (Å²) in [6.45, 7) is 2.28. The van der Waals surface area contributed by atoms with Crippen LogP contribution in [0.15, 0.2) is 54.9 Å². The highest BCUT2D eigenvalue weighted by molar-refractivity contribution is 5.77. The number of aryl methyl sites for hydroxylation is 1. The highest BCUT2D eigenvalue weighted by Crippen LogP contribution is 2.27. The van der Waals surface area contributed by atoms with Gasteiger partial charge in [-0.05, 0) is 24.6 Å². The van der Waals surface area contributed by atoms with Gasteiger partial charge in [0, 0.05) is 42.8 Å². The van der Waals surface area contributed by atoms with Gasteiger partial charge >= 0.3 is 0 Å². The third-order valence-corrected chi connectivity index (χ3v) is 4.22. The molecule has 3 rings (SSSR count). The van der Waals surface area contributed by atoms with E-state index in [2.05, 4.69) is 10.3 Å². The molecule has 0 bridgehead atoms. The maximum Gasteiger partial charge on any atom is 0.258 e. The van der Waals surface area contributed by atoms with Crippen LogP contribution in [0.25, 0.3) is 5.69 Å². The van der Waals surface area contributed by atoms with Crippen LogP contribution >= 0.6 is 0 Å². The first-order valence-corrected chi connectivity index (χ1v) is 8.81. The second kappa shape index (κ2) is 8.94. The predicted molar refractivity (Wildman–Crippen MR) is 105 cm³/mol. The van der Waals surface area contributed by atoms with Gasteiger partial charge in [0.15, 0.2) is 6.61 Å². The number of aromatic nitrogens is 2. The number of carbonyl (C=O) groups is 1. The van der Waals surface area contributed by atoms with Crippen molar-refractivity contribution in [1.29, 1.82) is 0 Å². The van der Waals surface area contributed by atoms with Gasteiger partial charge in [0.25, 0.3) is 5.91 Å². The number of ether oxygens (including phenoxy) is 3. The van der Waals surface area contributed by atoms with Crippen LogP contribution in [-0.2, 0) is 11.3 Å². The van der Waals surface area contributed by atoms with Crippen molar-refractivity contribution in [3.63, 3.8) is 0 Å². The van der Waals surface area contributed by atoms with Crippen molar-refractivity contribution in [2.24, 2.45) is 0 Å². The minimum absolute atomic E-state index is 0.0946. The smallest absolute Gasteiger partial charge is 0.258 e. The van der Waals surface area contributed by atoms with Gasteiger partial charge in [-0.25, -0.2) is 4.98 Å². The molecule has 146 valence electrons. The van der Waals surface area contributed by atoms with E-state index >= 15 is 0 Å². The topological polar surface area (TPSA) is 74.6 Å². The van der Waals surface area contributed by atoms with E-state index in [9.17, 15) is 4.79 Å². The quantitative estimate of drug-likeness (QED) is 0.649. The molecule has 0 fully saturated rings. The Balaban J connectivity index is 1.51. The number of hydrogen-bond donors (Lipinski definition) is 1. The number of amides is 1. The monoisotopic (exact) mass is 381 g/mol. The first-order valence-electron chi connectivity index (χ1n) is 8.81. The molecule has 0 aliphatic rings. The molecule has 0 saturated carbocycles. The average Bonchev–Trinajstić information content (AvgIpc) is 3.16. The summed E-state index contributed by atoms with van der Waals surface area (Å²) < 4.78 is 17.9. The molecule has 3 aromatic rings. The van der Waals surface area contributed by atoms with E-state index < -0.39 is 0 Å². The maximum atomic E-state index is 12.1. The molecule has 0 aliphatic heterocycles. The van der Waals surface area contributed by atoms with Gasteiger partial charge in [-0.3, -0.25) is 4.79 Å². The molecule has 0 saturated heterocycles. The van der Waals surface area contributed by atoms with Crippen LogP contribution < -0.4 is 19.5 Å². The summed E-state index contributed by atoms with van der Waals surface area (Å²) in [5, 5.41) is 2.85. The molecule has 0 radical (unpaired) electrons. The molecule has 1 amide bonds. The summed E-state index contributed by atoms with van der Waals surface area (Å²) in [4.78, 5) is 16.3. The van der Waals surface area contributed by atoms with E-state index in [0.717, 1.165) is 17.1 Å². The van der Waals surface area contributed by atoms with Crippen LogP contribution in [0.5, 0.6) is 17.2 Å². The van der Waals surface area contributed by atoms with E-state index in [4.69, 9.17) is 14.2 Å². The van der Waals surface area contributed by atoms with Crippen LogP contribution in [-0.4, -0.2) is 36.3 Å². The molecule has 0 spiro atoms. The Morgan fingerprint density at radius 2 is 1.68 bits per heavy atom. The van der Waals surface area contributed by atoms with Crippen molar-refractivity contribution >= 4 is 5.91 Å². The lowest BCUT2D eigenvalue weighted by Gasteiger charge is -2.11. The average molecular weight is 381 g/mol. The lowest BCUT2D eigenvalue weighted by atomic mass is 10.2. The third-order valence-electron chi connectivity index (χ3n) is 4.22. The lowest BCUT2D eigenvalue weighted by molar-refractivity contribution is -0.123. The second-order valence-corrected chi connectivity index (χ2v) is 6.12. The van der Waals surface area contributed by atoms with Gasteiger partial charge in [-0.15, -0.1) is 0 Å². The van der Waals surface area contributed by atoms with Gasteiger partial charge in [0.1, 0.15) is 23.1 Å². The zero-order valence-corrected chi connectivity index (χ0v) is 16.1. The number of benzene rings is 2. The fraction of sp³-hybridized carbons (Fsp3) is 0.238. The van der Waals surface area contributed by atoms with Crippen molar-refractivity contribution < 1.29 is 19.0 Å². The largest absolute Gasteiger partial charge is 0.496 e. The summed E-state index contributed by atoms with van der Waals surface area (Å²) >= 11 is 0. The molecule has 0 atom stereocenters. The summed E-state index contributed by atoms with van der Waals surface area (Å²) in [6, 6.07) is 13.1. The van der Waals surface area contributed by atoms with Gasteiger partial charge in [0.05, 0.1) is 14.2 Å².